The Bertz CT molecular complexity index is 1450. The second-order valence-corrected chi connectivity index (χ2v) is 8.24. The Morgan fingerprint density at radius 1 is 0.778 bits per heavy atom. The fourth-order valence-corrected chi connectivity index (χ4v) is 4.34. The number of rotatable bonds is 7. The van der Waals surface area contributed by atoms with Crippen molar-refractivity contribution in [2.75, 3.05) is 10.2 Å². The third-order valence-corrected chi connectivity index (χ3v) is 6.01. The molecular weight excluding hydrogens is 454 g/mol. The maximum Gasteiger partial charge on any atom is 0.276 e. The van der Waals surface area contributed by atoms with Gasteiger partial charge in [-0.15, -0.1) is 0 Å². The van der Waals surface area contributed by atoms with Crippen LogP contribution in [0.5, 0.6) is 0 Å². The first-order valence-electron chi connectivity index (χ1n) is 11.3. The van der Waals surface area contributed by atoms with Crippen LogP contribution in [0.4, 0.5) is 17.1 Å². The molecule has 0 radical (unpaired) electrons. The van der Waals surface area contributed by atoms with Crippen LogP contribution in [-0.2, 0) is 4.79 Å². The summed E-state index contributed by atoms with van der Waals surface area (Å²) in [4.78, 5) is 40.2. The van der Waals surface area contributed by atoms with E-state index in [2.05, 4.69) is 5.32 Å². The Morgan fingerprint density at radius 2 is 1.33 bits per heavy atom. The van der Waals surface area contributed by atoms with E-state index in [0.29, 0.717) is 22.5 Å². The van der Waals surface area contributed by atoms with E-state index in [-0.39, 0.29) is 28.6 Å². The van der Waals surface area contributed by atoms with Crippen molar-refractivity contribution in [2.45, 2.75) is 6.04 Å². The quantitative estimate of drug-likeness (QED) is 0.203. The first-order chi connectivity index (χ1) is 17.5. The lowest BCUT2D eigenvalue weighted by atomic mass is 9.92. The van der Waals surface area contributed by atoms with Gasteiger partial charge < -0.3 is 5.32 Å². The second kappa shape index (κ2) is 9.68. The number of para-hydroxylation sites is 2. The van der Waals surface area contributed by atoms with Gasteiger partial charge in [0.05, 0.1) is 16.5 Å². The third-order valence-electron chi connectivity index (χ3n) is 6.01. The number of non-ortho nitro benzene ring substituents is 1. The van der Waals surface area contributed by atoms with Gasteiger partial charge in [0.1, 0.15) is 5.70 Å². The van der Waals surface area contributed by atoms with Crippen LogP contribution in [-0.4, -0.2) is 16.6 Å². The van der Waals surface area contributed by atoms with Gasteiger partial charge in [-0.3, -0.25) is 24.6 Å². The largest absolute Gasteiger partial charge is 0.351 e. The Morgan fingerprint density at radius 3 is 1.92 bits per heavy atom. The van der Waals surface area contributed by atoms with Crippen LogP contribution in [0, 0.1) is 10.1 Å². The lowest BCUT2D eigenvalue weighted by Gasteiger charge is -2.27. The van der Waals surface area contributed by atoms with E-state index in [4.69, 9.17) is 0 Å². The average Bonchev–Trinajstić information content (AvgIpc) is 3.21. The Kier molecular flexibility index (Phi) is 6.11. The monoisotopic (exact) mass is 475 g/mol. The summed E-state index contributed by atoms with van der Waals surface area (Å²) in [6, 6.07) is 32.2. The van der Waals surface area contributed by atoms with Gasteiger partial charge in [-0.1, -0.05) is 66.7 Å². The van der Waals surface area contributed by atoms with Crippen LogP contribution in [0.15, 0.2) is 127 Å². The molecule has 36 heavy (non-hydrogen) atoms. The summed E-state index contributed by atoms with van der Waals surface area (Å²) in [5.74, 6) is -0.670. The van der Waals surface area contributed by atoms with Crippen LogP contribution >= 0.6 is 0 Å². The number of nitrogens with one attached hydrogen (secondary N) is 1. The highest BCUT2D eigenvalue weighted by atomic mass is 16.6. The van der Waals surface area contributed by atoms with E-state index >= 15 is 0 Å². The number of carbonyl (C=O) groups is 2. The summed E-state index contributed by atoms with van der Waals surface area (Å²) in [6.07, 6.45) is 0. The molecule has 1 heterocycles. The van der Waals surface area contributed by atoms with Crippen molar-refractivity contribution in [3.63, 3.8) is 0 Å². The highest BCUT2D eigenvalue weighted by molar-refractivity contribution is 6.23. The molecule has 4 aromatic rings. The Labute approximate surface area is 207 Å². The number of amides is 1. The maximum atomic E-state index is 14.0. The molecule has 1 amide bonds. The van der Waals surface area contributed by atoms with Crippen LogP contribution < -0.4 is 10.2 Å². The SMILES string of the molecule is O=C(C1=C(Nc2ccccc2)C(=O)N(c2ccccc2)[C@H]1c1ccc([N+](=O)[O-])cc1)c1ccccc1. The molecule has 0 spiro atoms. The number of benzene rings is 4. The molecule has 5 rings (SSSR count). The number of hydrogen-bond acceptors (Lipinski definition) is 5. The average molecular weight is 476 g/mol. The summed E-state index contributed by atoms with van der Waals surface area (Å²) in [7, 11) is 0. The summed E-state index contributed by atoms with van der Waals surface area (Å²) in [5, 5.41) is 14.4. The number of ketones is 1. The van der Waals surface area contributed by atoms with Gasteiger partial charge >= 0.3 is 0 Å². The fraction of sp³-hybridized carbons (Fsp3) is 0.0345. The number of nitrogens with zero attached hydrogens (tertiary/aromatic N) is 2. The molecule has 0 aromatic heterocycles. The van der Waals surface area contributed by atoms with Gasteiger partial charge in [-0.05, 0) is 42.0 Å². The molecule has 176 valence electrons. The molecule has 1 N–H and O–H groups in total. The number of anilines is 2. The molecule has 1 aliphatic heterocycles. The minimum absolute atomic E-state index is 0.0723. The van der Waals surface area contributed by atoms with Crippen molar-refractivity contribution in [2.24, 2.45) is 0 Å². The summed E-state index contributed by atoms with van der Waals surface area (Å²) in [5.41, 5.74) is 2.66. The van der Waals surface area contributed by atoms with E-state index < -0.39 is 11.0 Å². The molecule has 0 bridgehead atoms. The molecule has 7 nitrogen and oxygen atoms in total. The van der Waals surface area contributed by atoms with E-state index in [1.54, 1.807) is 53.4 Å². The summed E-state index contributed by atoms with van der Waals surface area (Å²) in [6.45, 7) is 0. The van der Waals surface area contributed by atoms with Gasteiger partial charge in [0.15, 0.2) is 5.78 Å². The molecule has 7 heteroatoms. The zero-order valence-corrected chi connectivity index (χ0v) is 19.1. The van der Waals surface area contributed by atoms with Crippen molar-refractivity contribution < 1.29 is 14.5 Å². The lowest BCUT2D eigenvalue weighted by molar-refractivity contribution is -0.384. The molecule has 0 aliphatic carbocycles. The Balaban J connectivity index is 1.72. The molecule has 1 atom stereocenters. The van der Waals surface area contributed by atoms with Crippen molar-refractivity contribution in [3.8, 4) is 0 Å². The number of hydrogen-bond donors (Lipinski definition) is 1. The standard InChI is InChI=1S/C29H21N3O4/c33-28(21-10-4-1-5-11-21)25-26(30-22-12-6-2-7-13-22)29(34)31(23-14-8-3-9-15-23)27(25)20-16-18-24(19-17-20)32(35)36/h1-19,27,30H/t27-/m0/s1. The van der Waals surface area contributed by atoms with E-state index in [0.717, 1.165) is 0 Å². The van der Waals surface area contributed by atoms with E-state index in [1.807, 2.05) is 54.6 Å². The lowest BCUT2D eigenvalue weighted by Crippen LogP contribution is -2.31. The maximum absolute atomic E-state index is 14.0. The first-order valence-corrected chi connectivity index (χ1v) is 11.3. The molecule has 0 unspecified atom stereocenters. The van der Waals surface area contributed by atoms with Crippen LogP contribution in [0.25, 0.3) is 0 Å². The summed E-state index contributed by atoms with van der Waals surface area (Å²) < 4.78 is 0. The molecular formula is C29H21N3O4. The van der Waals surface area contributed by atoms with Crippen molar-refractivity contribution in [1.29, 1.82) is 0 Å². The van der Waals surface area contributed by atoms with Gasteiger partial charge in [-0.2, -0.15) is 0 Å². The van der Waals surface area contributed by atoms with Crippen molar-refractivity contribution >= 4 is 28.8 Å². The van der Waals surface area contributed by atoms with Gasteiger partial charge in [0.2, 0.25) is 0 Å². The molecule has 0 saturated carbocycles. The molecule has 1 aliphatic rings. The highest BCUT2D eigenvalue weighted by Crippen LogP contribution is 2.43. The fourth-order valence-electron chi connectivity index (χ4n) is 4.34. The minimum Gasteiger partial charge on any atom is -0.351 e. The predicted molar refractivity (Wildman–Crippen MR) is 138 cm³/mol. The number of Topliss-reactive ketones (excluding diaryl/α,β-unsaturated/α-hetero) is 1. The molecule has 0 fully saturated rings. The highest BCUT2D eigenvalue weighted by Gasteiger charge is 2.44. The minimum atomic E-state index is -0.792. The Hall–Kier alpha value is -5.04. The number of nitro benzene ring substituents is 1. The normalized spacial score (nSPS) is 15.2. The van der Waals surface area contributed by atoms with Crippen molar-refractivity contribution in [1.82, 2.24) is 0 Å². The predicted octanol–water partition coefficient (Wildman–Crippen LogP) is 5.93. The molecule has 0 saturated heterocycles. The van der Waals surface area contributed by atoms with E-state index in [1.165, 1.54) is 12.1 Å². The van der Waals surface area contributed by atoms with Gasteiger partial charge in [0, 0.05) is 29.1 Å². The van der Waals surface area contributed by atoms with E-state index in [9.17, 15) is 19.7 Å². The third kappa shape index (κ3) is 4.25. The second-order valence-electron chi connectivity index (χ2n) is 8.24. The van der Waals surface area contributed by atoms with Crippen LogP contribution in [0.3, 0.4) is 0 Å². The topological polar surface area (TPSA) is 92.6 Å². The van der Waals surface area contributed by atoms with Gasteiger partial charge in [0.25, 0.3) is 11.6 Å². The smallest absolute Gasteiger partial charge is 0.276 e. The summed E-state index contributed by atoms with van der Waals surface area (Å²) >= 11 is 0. The van der Waals surface area contributed by atoms with Gasteiger partial charge in [-0.25, -0.2) is 0 Å². The molecule has 4 aromatic carbocycles. The number of nitro groups is 1. The van der Waals surface area contributed by atoms with Crippen LogP contribution in [0.1, 0.15) is 22.0 Å². The zero-order valence-electron chi connectivity index (χ0n) is 19.1. The first kappa shape index (κ1) is 22.7. The van der Waals surface area contributed by atoms with Crippen molar-refractivity contribution in [3.05, 3.63) is 148 Å². The number of carbonyl (C=O) groups excluding carboxylic acids is 2. The zero-order chi connectivity index (χ0) is 25.1. The van der Waals surface area contributed by atoms with Crippen LogP contribution in [0.2, 0.25) is 0 Å².